The molecular formula is C9H9ClN4S. The molecule has 2 aromatic rings. The first kappa shape index (κ1) is 10.3. The fourth-order valence-corrected chi connectivity index (χ4v) is 1.86. The van der Waals surface area contributed by atoms with Crippen LogP contribution in [0.3, 0.4) is 0 Å². The topological polar surface area (TPSA) is 41.9 Å². The molecule has 0 aliphatic carbocycles. The molecule has 0 saturated carbocycles. The largest absolute Gasteiger partial charge is 0.353 e. The molecular weight excluding hydrogens is 232 g/mol. The summed E-state index contributed by atoms with van der Waals surface area (Å²) >= 11 is 7.25. The van der Waals surface area contributed by atoms with Crippen molar-refractivity contribution in [2.24, 2.45) is 0 Å². The van der Waals surface area contributed by atoms with E-state index in [1.807, 2.05) is 25.1 Å². The van der Waals surface area contributed by atoms with Gasteiger partial charge in [-0.2, -0.15) is 0 Å². The fraction of sp³-hybridized carbons (Fsp3) is 0.222. The zero-order valence-corrected chi connectivity index (χ0v) is 9.88. The van der Waals surface area contributed by atoms with Gasteiger partial charge in [0.1, 0.15) is 5.69 Å². The number of halogens is 1. The van der Waals surface area contributed by atoms with Crippen molar-refractivity contribution in [3.05, 3.63) is 23.4 Å². The first-order valence-corrected chi connectivity index (χ1v) is 5.49. The van der Waals surface area contributed by atoms with Crippen LogP contribution in [0.4, 0.5) is 5.13 Å². The Labute approximate surface area is 96.5 Å². The van der Waals surface area contributed by atoms with Gasteiger partial charge in [0.05, 0.1) is 5.02 Å². The number of pyridine rings is 1. The van der Waals surface area contributed by atoms with Crippen LogP contribution in [-0.2, 0) is 0 Å². The Bertz CT molecular complexity index is 451. The minimum Gasteiger partial charge on any atom is -0.353 e. The first-order chi connectivity index (χ1) is 7.16. The Balaban J connectivity index is 2.33. The van der Waals surface area contributed by atoms with Crippen LogP contribution in [0.25, 0.3) is 10.7 Å². The van der Waals surface area contributed by atoms with Crippen LogP contribution in [0, 0.1) is 0 Å². The molecule has 0 saturated heterocycles. The standard InChI is InChI=1S/C9H9ClN4S/c1-14(2)9-13-12-8(15-9)7-4-3-6(10)5-11-7/h3-5H,1-2H3. The molecule has 0 radical (unpaired) electrons. The summed E-state index contributed by atoms with van der Waals surface area (Å²) in [5, 5.41) is 10.4. The van der Waals surface area contributed by atoms with Crippen molar-refractivity contribution in [3.8, 4) is 10.7 Å². The zero-order chi connectivity index (χ0) is 10.8. The smallest absolute Gasteiger partial charge is 0.208 e. The summed E-state index contributed by atoms with van der Waals surface area (Å²) in [6.45, 7) is 0. The number of aromatic nitrogens is 3. The Morgan fingerprint density at radius 3 is 2.60 bits per heavy atom. The number of hydrogen-bond acceptors (Lipinski definition) is 5. The molecule has 15 heavy (non-hydrogen) atoms. The van der Waals surface area contributed by atoms with E-state index < -0.39 is 0 Å². The quantitative estimate of drug-likeness (QED) is 0.808. The maximum absolute atomic E-state index is 5.75. The molecule has 0 aliphatic heterocycles. The van der Waals surface area contributed by atoms with Crippen molar-refractivity contribution in [3.63, 3.8) is 0 Å². The van der Waals surface area contributed by atoms with Crippen molar-refractivity contribution < 1.29 is 0 Å². The fourth-order valence-electron chi connectivity index (χ4n) is 1.00. The molecule has 2 heterocycles. The summed E-state index contributed by atoms with van der Waals surface area (Å²) in [4.78, 5) is 6.09. The van der Waals surface area contributed by atoms with Gasteiger partial charge in [0.25, 0.3) is 0 Å². The minimum atomic E-state index is 0.621. The average molecular weight is 241 g/mol. The van der Waals surface area contributed by atoms with E-state index in [1.54, 1.807) is 12.3 Å². The van der Waals surface area contributed by atoms with Crippen LogP contribution in [0.15, 0.2) is 18.3 Å². The molecule has 78 valence electrons. The van der Waals surface area contributed by atoms with Crippen molar-refractivity contribution in [1.82, 2.24) is 15.2 Å². The molecule has 0 N–H and O–H groups in total. The molecule has 0 aliphatic rings. The van der Waals surface area contributed by atoms with E-state index in [9.17, 15) is 0 Å². The Hall–Kier alpha value is -1.20. The Kier molecular flexibility index (Phi) is 2.83. The van der Waals surface area contributed by atoms with Gasteiger partial charge >= 0.3 is 0 Å². The SMILES string of the molecule is CN(C)c1nnc(-c2ccc(Cl)cn2)s1. The van der Waals surface area contributed by atoms with Crippen molar-refractivity contribution in [2.75, 3.05) is 19.0 Å². The number of rotatable bonds is 2. The van der Waals surface area contributed by atoms with Gasteiger partial charge in [-0.05, 0) is 12.1 Å². The number of nitrogens with zero attached hydrogens (tertiary/aromatic N) is 4. The van der Waals surface area contributed by atoms with E-state index in [1.165, 1.54) is 11.3 Å². The summed E-state index contributed by atoms with van der Waals surface area (Å²) in [6.07, 6.45) is 1.60. The Morgan fingerprint density at radius 2 is 2.07 bits per heavy atom. The van der Waals surface area contributed by atoms with Gasteiger partial charge in [-0.25, -0.2) is 0 Å². The van der Waals surface area contributed by atoms with Gasteiger partial charge in [-0.3, -0.25) is 4.98 Å². The molecule has 0 spiro atoms. The minimum absolute atomic E-state index is 0.621. The molecule has 2 aromatic heterocycles. The van der Waals surface area contributed by atoms with E-state index in [-0.39, 0.29) is 0 Å². The summed E-state index contributed by atoms with van der Waals surface area (Å²) in [7, 11) is 3.86. The van der Waals surface area contributed by atoms with Gasteiger partial charge in [-0.1, -0.05) is 22.9 Å². The van der Waals surface area contributed by atoms with Crippen LogP contribution in [-0.4, -0.2) is 29.3 Å². The average Bonchev–Trinajstić information content (AvgIpc) is 2.68. The highest BCUT2D eigenvalue weighted by molar-refractivity contribution is 7.18. The summed E-state index contributed by atoms with van der Waals surface area (Å²) < 4.78 is 0. The highest BCUT2D eigenvalue weighted by atomic mass is 35.5. The van der Waals surface area contributed by atoms with Crippen LogP contribution >= 0.6 is 22.9 Å². The molecule has 6 heteroatoms. The highest BCUT2D eigenvalue weighted by Crippen LogP contribution is 2.26. The second-order valence-corrected chi connectivity index (χ2v) is 4.54. The van der Waals surface area contributed by atoms with E-state index in [0.29, 0.717) is 5.02 Å². The summed E-state index contributed by atoms with van der Waals surface area (Å²) in [5.74, 6) is 0. The van der Waals surface area contributed by atoms with Crippen LogP contribution < -0.4 is 4.90 Å². The van der Waals surface area contributed by atoms with Crippen molar-refractivity contribution in [2.45, 2.75) is 0 Å². The monoisotopic (exact) mass is 240 g/mol. The maximum atomic E-state index is 5.75. The first-order valence-electron chi connectivity index (χ1n) is 4.29. The second-order valence-electron chi connectivity index (χ2n) is 3.15. The molecule has 2 rings (SSSR count). The van der Waals surface area contributed by atoms with E-state index >= 15 is 0 Å². The lowest BCUT2D eigenvalue weighted by molar-refractivity contribution is 1.02. The predicted octanol–water partition coefficient (Wildman–Crippen LogP) is 2.32. The summed E-state index contributed by atoms with van der Waals surface area (Å²) in [5.41, 5.74) is 0.796. The molecule has 0 amide bonds. The van der Waals surface area contributed by atoms with Crippen LogP contribution in [0.5, 0.6) is 0 Å². The van der Waals surface area contributed by atoms with Crippen molar-refractivity contribution >= 4 is 28.1 Å². The van der Waals surface area contributed by atoms with E-state index in [0.717, 1.165) is 15.8 Å². The molecule has 0 atom stereocenters. The van der Waals surface area contributed by atoms with Crippen molar-refractivity contribution in [1.29, 1.82) is 0 Å². The van der Waals surface area contributed by atoms with Crippen LogP contribution in [0.1, 0.15) is 0 Å². The van der Waals surface area contributed by atoms with Gasteiger partial charge in [0.15, 0.2) is 5.01 Å². The van der Waals surface area contributed by atoms with Gasteiger partial charge in [0, 0.05) is 20.3 Å². The number of anilines is 1. The number of hydrogen-bond donors (Lipinski definition) is 0. The highest BCUT2D eigenvalue weighted by Gasteiger charge is 2.08. The van der Waals surface area contributed by atoms with E-state index in [4.69, 9.17) is 11.6 Å². The molecule has 0 fully saturated rings. The summed E-state index contributed by atoms with van der Waals surface area (Å²) in [6, 6.07) is 3.63. The third-order valence-corrected chi connectivity index (χ3v) is 3.08. The maximum Gasteiger partial charge on any atom is 0.208 e. The molecule has 4 nitrogen and oxygen atoms in total. The van der Waals surface area contributed by atoms with Crippen LogP contribution in [0.2, 0.25) is 5.02 Å². The lowest BCUT2D eigenvalue weighted by Gasteiger charge is -2.03. The third kappa shape index (κ3) is 2.24. The molecule has 0 bridgehead atoms. The lowest BCUT2D eigenvalue weighted by Crippen LogP contribution is -2.07. The zero-order valence-electron chi connectivity index (χ0n) is 8.31. The predicted molar refractivity (Wildman–Crippen MR) is 62.5 cm³/mol. The van der Waals surface area contributed by atoms with E-state index in [2.05, 4.69) is 15.2 Å². The van der Waals surface area contributed by atoms with Gasteiger partial charge in [0.2, 0.25) is 5.13 Å². The lowest BCUT2D eigenvalue weighted by atomic mass is 10.4. The molecule has 0 aromatic carbocycles. The second kappa shape index (κ2) is 4.12. The molecule has 0 unspecified atom stereocenters. The van der Waals surface area contributed by atoms with Gasteiger partial charge < -0.3 is 4.90 Å². The normalized spacial score (nSPS) is 10.3. The van der Waals surface area contributed by atoms with Gasteiger partial charge in [-0.15, -0.1) is 10.2 Å². The third-order valence-electron chi connectivity index (χ3n) is 1.74. The Morgan fingerprint density at radius 1 is 1.27 bits per heavy atom.